The minimum absolute atomic E-state index is 0.277. The Kier molecular flexibility index (Phi) is 4.24. The van der Waals surface area contributed by atoms with E-state index in [1.807, 2.05) is 35.0 Å². The topological polar surface area (TPSA) is 110 Å². The van der Waals surface area contributed by atoms with Gasteiger partial charge in [0.2, 0.25) is 5.91 Å². The molecule has 4 rings (SSSR count). The van der Waals surface area contributed by atoms with E-state index in [4.69, 9.17) is 0 Å². The zero-order chi connectivity index (χ0) is 18.1. The van der Waals surface area contributed by atoms with E-state index in [0.29, 0.717) is 30.4 Å². The van der Waals surface area contributed by atoms with Gasteiger partial charge in [0, 0.05) is 11.3 Å². The second kappa shape index (κ2) is 6.70. The monoisotopic (exact) mass is 353 g/mol. The van der Waals surface area contributed by atoms with Crippen LogP contribution in [0.15, 0.2) is 36.4 Å². The predicted octanol–water partition coefficient (Wildman–Crippen LogP) is 2.28. The molecule has 0 aliphatic heterocycles. The number of allylic oxidation sites excluding steroid dienone is 2. The van der Waals surface area contributed by atoms with Crippen LogP contribution in [0.5, 0.6) is 0 Å². The Hall–Kier alpha value is -3.03. The number of carbonyl (C=O) groups excluding carboxylic acids is 1. The Labute approximate surface area is 149 Å². The van der Waals surface area contributed by atoms with Crippen LogP contribution < -0.4 is 5.32 Å². The lowest BCUT2D eigenvalue weighted by atomic mass is 9.82. The number of carbonyl (C=O) groups is 2. The van der Waals surface area contributed by atoms with Gasteiger partial charge in [0.1, 0.15) is 0 Å². The van der Waals surface area contributed by atoms with Crippen LogP contribution >= 0.6 is 0 Å². The van der Waals surface area contributed by atoms with Crippen molar-refractivity contribution in [2.24, 2.45) is 11.8 Å². The standard InChI is InChI=1S/C18H19N5O3/c24-17(14-6-1-2-7-15(14)18(25)26)19-12-5-3-4-11(10-12)16-20-21-22-23(16)13-8-9-13/h1-5,10,13-15H,6-9H2,(H,19,24)(H,25,26)/t14-,15-/m1/s1. The SMILES string of the molecule is O=C(O)[C@@H]1CC=CC[C@H]1C(=O)Nc1cccc(-c2nnnn2C2CC2)c1. The molecule has 2 N–H and O–H groups in total. The lowest BCUT2D eigenvalue weighted by Crippen LogP contribution is -2.34. The number of hydrogen-bond acceptors (Lipinski definition) is 5. The van der Waals surface area contributed by atoms with Crippen molar-refractivity contribution < 1.29 is 14.7 Å². The molecule has 1 heterocycles. The average Bonchev–Trinajstić information content (AvgIpc) is 3.38. The van der Waals surface area contributed by atoms with E-state index in [9.17, 15) is 14.7 Å². The number of tetrazole rings is 1. The summed E-state index contributed by atoms with van der Waals surface area (Å²) in [6.07, 6.45) is 6.64. The number of hydrogen-bond donors (Lipinski definition) is 2. The van der Waals surface area contributed by atoms with Gasteiger partial charge in [-0.25, -0.2) is 4.68 Å². The lowest BCUT2D eigenvalue weighted by molar-refractivity contribution is -0.146. The molecule has 0 radical (unpaired) electrons. The van der Waals surface area contributed by atoms with Gasteiger partial charge in [0.15, 0.2) is 5.82 Å². The van der Waals surface area contributed by atoms with Crippen LogP contribution in [0.25, 0.3) is 11.4 Å². The minimum atomic E-state index is -0.938. The normalized spacial score (nSPS) is 22.2. The van der Waals surface area contributed by atoms with Gasteiger partial charge in [-0.15, -0.1) is 5.10 Å². The molecule has 1 amide bonds. The van der Waals surface area contributed by atoms with Gasteiger partial charge in [0.05, 0.1) is 17.9 Å². The van der Waals surface area contributed by atoms with Gasteiger partial charge in [-0.2, -0.15) is 0 Å². The maximum absolute atomic E-state index is 12.6. The number of nitrogens with zero attached hydrogens (tertiary/aromatic N) is 4. The summed E-state index contributed by atoms with van der Waals surface area (Å²) in [5, 5.41) is 24.1. The van der Waals surface area contributed by atoms with Crippen molar-refractivity contribution in [2.75, 3.05) is 5.32 Å². The first-order valence-corrected chi connectivity index (χ1v) is 8.70. The van der Waals surface area contributed by atoms with Crippen molar-refractivity contribution in [1.82, 2.24) is 20.2 Å². The number of benzene rings is 1. The average molecular weight is 353 g/mol. The van der Waals surface area contributed by atoms with E-state index in [1.165, 1.54) is 0 Å². The van der Waals surface area contributed by atoms with Crippen molar-refractivity contribution in [3.8, 4) is 11.4 Å². The number of rotatable bonds is 5. The molecule has 1 aromatic carbocycles. The molecule has 8 heteroatoms. The molecule has 8 nitrogen and oxygen atoms in total. The lowest BCUT2D eigenvalue weighted by Gasteiger charge is -2.24. The van der Waals surface area contributed by atoms with Crippen LogP contribution in [0.3, 0.4) is 0 Å². The molecule has 2 aliphatic carbocycles. The Morgan fingerprint density at radius 2 is 1.92 bits per heavy atom. The number of carboxylic acids is 1. The van der Waals surface area contributed by atoms with Crippen LogP contribution in [-0.2, 0) is 9.59 Å². The first-order valence-electron chi connectivity index (χ1n) is 8.70. The summed E-state index contributed by atoms with van der Waals surface area (Å²) in [5.74, 6) is -1.80. The van der Waals surface area contributed by atoms with Gasteiger partial charge in [-0.3, -0.25) is 9.59 Å². The molecule has 2 aromatic rings. The number of carboxylic acid groups (broad SMARTS) is 1. The molecule has 2 atom stereocenters. The van der Waals surface area contributed by atoms with Crippen molar-refractivity contribution in [2.45, 2.75) is 31.7 Å². The Morgan fingerprint density at radius 1 is 1.15 bits per heavy atom. The summed E-state index contributed by atoms with van der Waals surface area (Å²) in [5.41, 5.74) is 1.43. The smallest absolute Gasteiger partial charge is 0.307 e. The quantitative estimate of drug-likeness (QED) is 0.798. The maximum Gasteiger partial charge on any atom is 0.307 e. The fourth-order valence-corrected chi connectivity index (χ4v) is 3.30. The second-order valence-electron chi connectivity index (χ2n) is 6.74. The molecule has 134 valence electrons. The van der Waals surface area contributed by atoms with E-state index in [2.05, 4.69) is 20.8 Å². The number of amides is 1. The van der Waals surface area contributed by atoms with E-state index in [-0.39, 0.29) is 5.91 Å². The minimum Gasteiger partial charge on any atom is -0.481 e. The van der Waals surface area contributed by atoms with Crippen LogP contribution in [0.4, 0.5) is 5.69 Å². The van der Waals surface area contributed by atoms with Crippen LogP contribution in [0.2, 0.25) is 0 Å². The number of aromatic nitrogens is 4. The molecule has 0 unspecified atom stereocenters. The Balaban J connectivity index is 1.53. The summed E-state index contributed by atoms with van der Waals surface area (Å²) < 4.78 is 1.81. The second-order valence-corrected chi connectivity index (χ2v) is 6.74. The summed E-state index contributed by atoms with van der Waals surface area (Å²) in [6, 6.07) is 7.66. The van der Waals surface area contributed by atoms with Crippen molar-refractivity contribution in [1.29, 1.82) is 0 Å². The Bertz CT molecular complexity index is 871. The highest BCUT2D eigenvalue weighted by Gasteiger charge is 2.34. The molecule has 26 heavy (non-hydrogen) atoms. The highest BCUT2D eigenvalue weighted by Crippen LogP contribution is 2.37. The van der Waals surface area contributed by atoms with E-state index < -0.39 is 17.8 Å². The van der Waals surface area contributed by atoms with Crippen molar-refractivity contribution >= 4 is 17.6 Å². The molecule has 1 aromatic heterocycles. The highest BCUT2D eigenvalue weighted by atomic mass is 16.4. The third-order valence-corrected chi connectivity index (χ3v) is 4.86. The van der Waals surface area contributed by atoms with Gasteiger partial charge in [-0.05, 0) is 48.2 Å². The van der Waals surface area contributed by atoms with Crippen molar-refractivity contribution in [3.63, 3.8) is 0 Å². The molecule has 2 aliphatic rings. The number of nitrogens with one attached hydrogen (secondary N) is 1. The van der Waals surface area contributed by atoms with Gasteiger partial charge in [0.25, 0.3) is 0 Å². The first kappa shape index (κ1) is 16.4. The largest absolute Gasteiger partial charge is 0.481 e. The van der Waals surface area contributed by atoms with Crippen LogP contribution in [0.1, 0.15) is 31.7 Å². The zero-order valence-electron chi connectivity index (χ0n) is 14.1. The van der Waals surface area contributed by atoms with E-state index in [1.54, 1.807) is 6.07 Å². The molecular weight excluding hydrogens is 334 g/mol. The van der Waals surface area contributed by atoms with E-state index >= 15 is 0 Å². The van der Waals surface area contributed by atoms with Gasteiger partial charge in [-0.1, -0.05) is 24.3 Å². The third-order valence-electron chi connectivity index (χ3n) is 4.86. The Morgan fingerprint density at radius 3 is 2.65 bits per heavy atom. The van der Waals surface area contributed by atoms with Crippen LogP contribution in [0, 0.1) is 11.8 Å². The van der Waals surface area contributed by atoms with Crippen LogP contribution in [-0.4, -0.2) is 37.2 Å². The molecule has 0 saturated heterocycles. The molecule has 1 fully saturated rings. The molecule has 0 bridgehead atoms. The van der Waals surface area contributed by atoms with Gasteiger partial charge < -0.3 is 10.4 Å². The molecular formula is C18H19N5O3. The maximum atomic E-state index is 12.6. The number of aliphatic carboxylic acids is 1. The summed E-state index contributed by atoms with van der Waals surface area (Å²) in [7, 11) is 0. The molecule has 0 spiro atoms. The fraction of sp³-hybridized carbons (Fsp3) is 0.389. The van der Waals surface area contributed by atoms with Crippen molar-refractivity contribution in [3.05, 3.63) is 36.4 Å². The van der Waals surface area contributed by atoms with E-state index in [0.717, 1.165) is 18.4 Å². The predicted molar refractivity (Wildman–Crippen MR) is 93.1 cm³/mol. The third kappa shape index (κ3) is 3.22. The number of anilines is 1. The summed E-state index contributed by atoms with van der Waals surface area (Å²) in [6.45, 7) is 0. The molecule has 1 saturated carbocycles. The first-order chi connectivity index (χ1) is 12.6. The highest BCUT2D eigenvalue weighted by molar-refractivity contribution is 5.95. The summed E-state index contributed by atoms with van der Waals surface area (Å²) in [4.78, 5) is 24.0. The zero-order valence-corrected chi connectivity index (χ0v) is 14.1. The van der Waals surface area contributed by atoms with Gasteiger partial charge >= 0.3 is 5.97 Å². The summed E-state index contributed by atoms with van der Waals surface area (Å²) >= 11 is 0. The fourth-order valence-electron chi connectivity index (χ4n) is 3.30.